The smallest absolute Gasteiger partial charge is 0.371 e. The minimum Gasteiger partial charge on any atom is -0.475 e. The fraction of sp³-hybridized carbons (Fsp3) is 0. The number of aromatic amines is 1. The van der Waals surface area contributed by atoms with Gasteiger partial charge in [-0.05, 0) is 12.1 Å². The van der Waals surface area contributed by atoms with Crippen LogP contribution in [0.25, 0.3) is 11.4 Å². The van der Waals surface area contributed by atoms with Gasteiger partial charge in [-0.15, -0.1) is 0 Å². The van der Waals surface area contributed by atoms with Crippen molar-refractivity contribution < 1.29 is 26.7 Å². The molecular formula is C9H7CoN3O2. The van der Waals surface area contributed by atoms with E-state index in [2.05, 4.69) is 15.0 Å². The zero-order chi connectivity index (χ0) is 9.97. The van der Waals surface area contributed by atoms with E-state index in [-0.39, 0.29) is 22.6 Å². The van der Waals surface area contributed by atoms with E-state index in [1.807, 2.05) is 6.07 Å². The third-order valence-electron chi connectivity index (χ3n) is 1.72. The summed E-state index contributed by atoms with van der Waals surface area (Å²) in [5.74, 6) is -1.15. The van der Waals surface area contributed by atoms with Gasteiger partial charge in [-0.25, -0.2) is 9.78 Å². The number of rotatable bonds is 2. The van der Waals surface area contributed by atoms with Crippen LogP contribution in [0.4, 0.5) is 0 Å². The first-order valence-corrected chi connectivity index (χ1v) is 3.97. The summed E-state index contributed by atoms with van der Waals surface area (Å²) in [5.41, 5.74) is 1.27. The molecule has 0 aromatic carbocycles. The zero-order valence-electron chi connectivity index (χ0n) is 7.47. The Morgan fingerprint density at radius 3 is 2.67 bits per heavy atom. The van der Waals surface area contributed by atoms with Crippen LogP contribution < -0.4 is 0 Å². The van der Waals surface area contributed by atoms with Crippen LogP contribution in [0.5, 0.6) is 0 Å². The van der Waals surface area contributed by atoms with Crippen molar-refractivity contribution >= 4 is 5.97 Å². The number of carboxylic acid groups (broad SMARTS) is 1. The summed E-state index contributed by atoms with van der Waals surface area (Å²) >= 11 is 0. The summed E-state index contributed by atoms with van der Waals surface area (Å²) in [6, 6.07) is 5.39. The van der Waals surface area contributed by atoms with Gasteiger partial charge in [0.2, 0.25) is 5.82 Å². The maximum absolute atomic E-state index is 10.5. The van der Waals surface area contributed by atoms with Crippen LogP contribution in [0.3, 0.4) is 0 Å². The first-order valence-electron chi connectivity index (χ1n) is 3.97. The molecule has 0 saturated heterocycles. The van der Waals surface area contributed by atoms with Crippen LogP contribution in [0, 0.1) is 0 Å². The van der Waals surface area contributed by atoms with Crippen molar-refractivity contribution in [3.8, 4) is 11.4 Å². The third-order valence-corrected chi connectivity index (χ3v) is 1.72. The average molecular weight is 248 g/mol. The van der Waals surface area contributed by atoms with Crippen molar-refractivity contribution in [2.75, 3.05) is 0 Å². The molecular weight excluding hydrogens is 241 g/mol. The zero-order valence-corrected chi connectivity index (χ0v) is 8.51. The molecule has 1 radical (unpaired) electrons. The van der Waals surface area contributed by atoms with Crippen LogP contribution in [0.1, 0.15) is 10.6 Å². The molecule has 0 aliphatic rings. The van der Waals surface area contributed by atoms with Crippen LogP contribution in [0.15, 0.2) is 30.6 Å². The number of hydrogen-bond donors (Lipinski definition) is 2. The molecule has 0 bridgehead atoms. The Morgan fingerprint density at radius 2 is 2.13 bits per heavy atom. The van der Waals surface area contributed by atoms with Crippen molar-refractivity contribution in [1.29, 1.82) is 0 Å². The van der Waals surface area contributed by atoms with Crippen LogP contribution in [-0.4, -0.2) is 26.0 Å². The first-order chi connectivity index (χ1) is 6.77. The molecule has 0 amide bonds. The molecule has 0 aliphatic carbocycles. The molecule has 0 spiro atoms. The van der Waals surface area contributed by atoms with E-state index in [1.54, 1.807) is 18.3 Å². The Morgan fingerprint density at radius 1 is 1.33 bits per heavy atom. The normalized spacial score (nSPS) is 9.33. The topological polar surface area (TPSA) is 78.9 Å². The molecule has 0 unspecified atom stereocenters. The molecule has 0 atom stereocenters. The maximum atomic E-state index is 10.5. The van der Waals surface area contributed by atoms with Crippen molar-refractivity contribution in [1.82, 2.24) is 15.0 Å². The Kier molecular flexibility index (Phi) is 3.59. The number of carboxylic acids is 1. The fourth-order valence-electron chi connectivity index (χ4n) is 1.08. The fourth-order valence-corrected chi connectivity index (χ4v) is 1.08. The predicted molar refractivity (Wildman–Crippen MR) is 48.8 cm³/mol. The average Bonchev–Trinajstić information content (AvgIpc) is 2.68. The van der Waals surface area contributed by atoms with E-state index in [1.165, 1.54) is 6.20 Å². The van der Waals surface area contributed by atoms with Crippen molar-refractivity contribution in [3.63, 3.8) is 0 Å². The number of H-pyrrole nitrogens is 1. The summed E-state index contributed by atoms with van der Waals surface area (Å²) < 4.78 is 0. The van der Waals surface area contributed by atoms with Gasteiger partial charge in [-0.1, -0.05) is 6.07 Å². The molecule has 6 heteroatoms. The SMILES string of the molecule is O=C(O)c1ncc(-c2ccccn2)[nH]1.[Co]. The summed E-state index contributed by atoms with van der Waals surface area (Å²) in [6.45, 7) is 0. The van der Waals surface area contributed by atoms with Crippen LogP contribution >= 0.6 is 0 Å². The third kappa shape index (κ3) is 2.42. The van der Waals surface area contributed by atoms with E-state index in [4.69, 9.17) is 5.11 Å². The number of carbonyl (C=O) groups is 1. The van der Waals surface area contributed by atoms with Gasteiger partial charge in [0.05, 0.1) is 17.6 Å². The van der Waals surface area contributed by atoms with Gasteiger partial charge < -0.3 is 10.1 Å². The maximum Gasteiger partial charge on any atom is 0.371 e. The van der Waals surface area contributed by atoms with Gasteiger partial charge in [0, 0.05) is 23.0 Å². The minimum atomic E-state index is -1.08. The van der Waals surface area contributed by atoms with Crippen molar-refractivity contribution in [3.05, 3.63) is 36.4 Å². The van der Waals surface area contributed by atoms with Gasteiger partial charge in [0.25, 0.3) is 0 Å². The Bertz CT molecular complexity index is 455. The van der Waals surface area contributed by atoms with E-state index < -0.39 is 5.97 Å². The standard InChI is InChI=1S/C9H7N3O2.Co/c13-9(14)8-11-5-7(12-8)6-3-1-2-4-10-6;/h1-5H,(H,11,12)(H,13,14);. The molecule has 0 saturated carbocycles. The molecule has 2 heterocycles. The van der Waals surface area contributed by atoms with Gasteiger partial charge >= 0.3 is 5.97 Å². The van der Waals surface area contributed by atoms with E-state index >= 15 is 0 Å². The molecule has 2 aromatic rings. The minimum absolute atomic E-state index is 0. The Labute approximate surface area is 95.8 Å². The molecule has 2 rings (SSSR count). The Hall–Kier alpha value is -1.66. The second-order valence-electron chi connectivity index (χ2n) is 2.67. The van der Waals surface area contributed by atoms with Crippen LogP contribution in [-0.2, 0) is 16.8 Å². The quantitative estimate of drug-likeness (QED) is 0.836. The largest absolute Gasteiger partial charge is 0.475 e. The molecule has 0 aliphatic heterocycles. The summed E-state index contributed by atoms with van der Waals surface area (Å²) in [6.07, 6.45) is 3.09. The van der Waals surface area contributed by atoms with E-state index in [0.29, 0.717) is 11.4 Å². The predicted octanol–water partition coefficient (Wildman–Crippen LogP) is 1.17. The number of pyridine rings is 1. The van der Waals surface area contributed by atoms with Crippen LogP contribution in [0.2, 0.25) is 0 Å². The number of aromatic nitrogens is 3. The monoisotopic (exact) mass is 248 g/mol. The number of nitrogens with one attached hydrogen (secondary N) is 1. The number of imidazole rings is 1. The van der Waals surface area contributed by atoms with E-state index in [9.17, 15) is 4.79 Å². The van der Waals surface area contributed by atoms with Gasteiger partial charge in [-0.2, -0.15) is 0 Å². The van der Waals surface area contributed by atoms with Crippen molar-refractivity contribution in [2.24, 2.45) is 0 Å². The van der Waals surface area contributed by atoms with Gasteiger partial charge in [0.1, 0.15) is 0 Å². The number of aromatic carboxylic acids is 1. The first kappa shape index (κ1) is 11.4. The molecule has 2 N–H and O–H groups in total. The van der Waals surface area contributed by atoms with E-state index in [0.717, 1.165) is 0 Å². The Balaban J connectivity index is 0.00000112. The number of hydrogen-bond acceptors (Lipinski definition) is 3. The molecule has 2 aromatic heterocycles. The number of nitrogens with zero attached hydrogens (tertiary/aromatic N) is 2. The molecule has 79 valence electrons. The molecule has 5 nitrogen and oxygen atoms in total. The second kappa shape index (κ2) is 4.72. The second-order valence-corrected chi connectivity index (χ2v) is 2.67. The van der Waals surface area contributed by atoms with Gasteiger partial charge in [0.15, 0.2) is 0 Å². The summed E-state index contributed by atoms with van der Waals surface area (Å²) in [5, 5.41) is 8.63. The molecule has 15 heavy (non-hydrogen) atoms. The molecule has 0 fully saturated rings. The van der Waals surface area contributed by atoms with Crippen molar-refractivity contribution in [2.45, 2.75) is 0 Å². The van der Waals surface area contributed by atoms with Gasteiger partial charge in [-0.3, -0.25) is 4.98 Å². The summed E-state index contributed by atoms with van der Waals surface area (Å²) in [7, 11) is 0. The summed E-state index contributed by atoms with van der Waals surface area (Å²) in [4.78, 5) is 20.9.